The van der Waals surface area contributed by atoms with Gasteiger partial charge in [-0.25, -0.2) is 6.57 Å². The molecule has 0 aromatic carbocycles. The number of hydrogen-bond acceptors (Lipinski definition) is 0. The largest absolute Gasteiger partial charge is 0.299 e. The van der Waals surface area contributed by atoms with Crippen LogP contribution in [0.25, 0.3) is 4.62 Å². The molecule has 0 radical (unpaired) electrons. The van der Waals surface area contributed by atoms with Crippen LogP contribution in [0.1, 0.15) is 0 Å². The van der Waals surface area contributed by atoms with E-state index < -0.39 is 7.45 Å². The summed E-state index contributed by atoms with van der Waals surface area (Å²) in [5.74, 6) is 0. The van der Waals surface area contributed by atoms with Crippen molar-refractivity contribution < 1.29 is 0 Å². The van der Waals surface area contributed by atoms with Crippen LogP contribution >= 0.6 is 25.3 Å². The molecule has 4 heteroatoms. The molecule has 2 unspecified atom stereocenters. The van der Waals surface area contributed by atoms with Gasteiger partial charge in [-0.15, -0.1) is 0 Å². The van der Waals surface area contributed by atoms with Crippen LogP contribution in [-0.4, -0.2) is 0 Å². The number of nitrogens with zero attached hydrogens (tertiary/aromatic N) is 1. The van der Waals surface area contributed by atoms with Crippen molar-refractivity contribution in [3.63, 3.8) is 0 Å². The second-order valence-electron chi connectivity index (χ2n) is 0.480. The summed E-state index contributed by atoms with van der Waals surface area (Å²) in [5.41, 5.74) is 0. The van der Waals surface area contributed by atoms with Gasteiger partial charge < -0.3 is 0 Å². The summed E-state index contributed by atoms with van der Waals surface area (Å²) in [6.07, 6.45) is 0. The molecule has 28 valence electrons. The van der Waals surface area contributed by atoms with Crippen molar-refractivity contribution in [2.75, 3.05) is 0 Å². The van der Waals surface area contributed by atoms with Gasteiger partial charge in [-0.05, 0) is 17.9 Å². The second kappa shape index (κ2) is 2.99. The lowest BCUT2D eigenvalue weighted by Crippen LogP contribution is -1.08. The molecule has 5 heavy (non-hydrogen) atoms. The Balaban J connectivity index is 2.94. The predicted octanol–water partition coefficient (Wildman–Crippen LogP) is 1.88. The molecule has 1 nitrogen and oxygen atoms in total. The molecule has 0 aliphatic heterocycles. The van der Waals surface area contributed by atoms with E-state index in [2.05, 4.69) is 22.5 Å². The molecule has 0 fully saturated rings. The average molecular weight is 123 g/mol. The van der Waals surface area contributed by atoms with Gasteiger partial charge in [-0.3, -0.25) is 4.62 Å². The van der Waals surface area contributed by atoms with E-state index >= 15 is 0 Å². The Labute approximate surface area is 37.3 Å². The van der Waals surface area contributed by atoms with E-state index in [1.165, 1.54) is 0 Å². The minimum absolute atomic E-state index is 0.473. The zero-order valence-corrected chi connectivity index (χ0v) is 5.75. The van der Waals surface area contributed by atoms with E-state index in [9.17, 15) is 0 Å². The van der Waals surface area contributed by atoms with Gasteiger partial charge in [0, 0.05) is 0 Å². The van der Waals surface area contributed by atoms with Crippen LogP contribution in [0.5, 0.6) is 0 Å². The molecule has 0 amide bonds. The first-order valence-electron chi connectivity index (χ1n) is 0.940. The van der Waals surface area contributed by atoms with Crippen molar-refractivity contribution in [3.05, 3.63) is 11.2 Å². The summed E-state index contributed by atoms with van der Waals surface area (Å²) in [6.45, 7) is 6.27. The van der Waals surface area contributed by atoms with Crippen LogP contribution in [0, 0.1) is 6.57 Å². The maximum Gasteiger partial charge on any atom is 0.299 e. The van der Waals surface area contributed by atoms with Crippen LogP contribution in [0.4, 0.5) is 0 Å². The van der Waals surface area contributed by atoms with Gasteiger partial charge in [0.15, 0.2) is 0 Å². The summed E-state index contributed by atoms with van der Waals surface area (Å²) in [6, 6.07) is 0. The Morgan fingerprint density at radius 3 is 1.80 bits per heavy atom. The summed E-state index contributed by atoms with van der Waals surface area (Å²) in [5, 5.41) is 0. The molecule has 0 heterocycles. The quantitative estimate of drug-likeness (QED) is 0.342. The van der Waals surface area contributed by atoms with E-state index in [1.807, 2.05) is 0 Å². The maximum atomic E-state index is 6.27. The van der Waals surface area contributed by atoms with Crippen LogP contribution in [0.2, 0.25) is 0 Å². The molecule has 0 bridgehead atoms. The lowest BCUT2D eigenvalue weighted by molar-refractivity contribution is 2.59. The molecule has 0 aliphatic carbocycles. The standard InChI is InChI=1S/CH4NP3/c1-2-5(3)4/h3-4H2. The van der Waals surface area contributed by atoms with E-state index in [0.29, 0.717) is 0 Å². The van der Waals surface area contributed by atoms with Gasteiger partial charge in [0.2, 0.25) is 0 Å². The molecule has 0 rings (SSSR count). The van der Waals surface area contributed by atoms with Gasteiger partial charge in [-0.2, -0.15) is 0 Å². The normalized spacial score (nSPS) is 7.60. The molecule has 2 atom stereocenters. The lowest BCUT2D eigenvalue weighted by atomic mass is 11.9. The first kappa shape index (κ1) is 5.78. The van der Waals surface area contributed by atoms with Crippen LogP contribution in [0.3, 0.4) is 0 Å². The average Bonchev–Trinajstić information content (AvgIpc) is 1.38. The molecule has 0 spiro atoms. The fraction of sp³-hybridized carbons (Fsp3) is 0. The Hall–Kier alpha value is 0.780. The van der Waals surface area contributed by atoms with E-state index in [4.69, 9.17) is 6.57 Å². The highest BCUT2D eigenvalue weighted by atomic mass is 32.4. The molecule has 0 aromatic heterocycles. The van der Waals surface area contributed by atoms with Crippen LogP contribution in [0.15, 0.2) is 0 Å². The zero-order chi connectivity index (χ0) is 4.28. The molecule has 0 saturated carbocycles. The maximum absolute atomic E-state index is 6.27. The summed E-state index contributed by atoms with van der Waals surface area (Å²) < 4.78 is 3.13. The van der Waals surface area contributed by atoms with Crippen molar-refractivity contribution in [2.24, 2.45) is 0 Å². The highest BCUT2D eigenvalue weighted by molar-refractivity contribution is 8.44. The fourth-order valence-electron chi connectivity index (χ4n) is 0. The van der Waals surface area contributed by atoms with E-state index in [-0.39, 0.29) is 0 Å². The first-order valence-corrected chi connectivity index (χ1v) is 5.47. The fourth-order valence-corrected chi connectivity index (χ4v) is 0. The minimum Gasteiger partial charge on any atom is -0.295 e. The summed E-state index contributed by atoms with van der Waals surface area (Å²) in [4.78, 5) is 0. The lowest BCUT2D eigenvalue weighted by Gasteiger charge is -1.72. The van der Waals surface area contributed by atoms with Crippen molar-refractivity contribution in [1.82, 2.24) is 0 Å². The van der Waals surface area contributed by atoms with E-state index in [1.54, 1.807) is 0 Å². The molecule has 0 aromatic rings. The van der Waals surface area contributed by atoms with E-state index in [0.717, 1.165) is 0 Å². The smallest absolute Gasteiger partial charge is 0.295 e. The van der Waals surface area contributed by atoms with Crippen LogP contribution in [-0.2, 0) is 0 Å². The molecule has 0 saturated heterocycles. The molecule has 0 N–H and O–H groups in total. The summed E-state index contributed by atoms with van der Waals surface area (Å²) >= 11 is 0. The van der Waals surface area contributed by atoms with Crippen LogP contribution < -0.4 is 0 Å². The molecule has 0 aliphatic rings. The third kappa shape index (κ3) is 4.78. The SMILES string of the molecule is [C-]#[N+]P(P)P. The van der Waals surface area contributed by atoms with Gasteiger partial charge in [0.25, 0.3) is 7.45 Å². The highest BCUT2D eigenvalue weighted by Crippen LogP contribution is 2.53. The van der Waals surface area contributed by atoms with Crippen molar-refractivity contribution in [1.29, 1.82) is 0 Å². The highest BCUT2D eigenvalue weighted by Gasteiger charge is 1.86. The number of rotatable bonds is 0. The van der Waals surface area contributed by atoms with Gasteiger partial charge in [0.1, 0.15) is 0 Å². The van der Waals surface area contributed by atoms with Gasteiger partial charge >= 0.3 is 0 Å². The molecular formula is CH4NP3. The molecular weight excluding hydrogens is 119 g/mol. The summed E-state index contributed by atoms with van der Waals surface area (Å²) in [7, 11) is 4.34. The third-order valence-corrected chi connectivity index (χ3v) is 1.04. The monoisotopic (exact) mass is 123 g/mol. The van der Waals surface area contributed by atoms with Crippen molar-refractivity contribution in [3.8, 4) is 0 Å². The Kier molecular flexibility index (Phi) is 3.46. The Bertz CT molecular complexity index is 52.4. The van der Waals surface area contributed by atoms with Gasteiger partial charge in [-0.1, -0.05) is 0 Å². The van der Waals surface area contributed by atoms with Crippen molar-refractivity contribution >= 4 is 25.3 Å². The Morgan fingerprint density at radius 2 is 1.80 bits per heavy atom. The second-order valence-corrected chi connectivity index (χ2v) is 6.40. The Morgan fingerprint density at radius 1 is 1.60 bits per heavy atom. The first-order chi connectivity index (χ1) is 2.27. The zero-order valence-electron chi connectivity index (χ0n) is 2.55. The minimum atomic E-state index is -0.473. The van der Waals surface area contributed by atoms with Crippen molar-refractivity contribution in [2.45, 2.75) is 0 Å². The third-order valence-electron chi connectivity index (χ3n) is 0.115. The predicted molar refractivity (Wildman–Crippen MR) is 32.9 cm³/mol. The number of hydrogen-bond donors (Lipinski definition) is 0. The topological polar surface area (TPSA) is 4.36 Å². The van der Waals surface area contributed by atoms with Gasteiger partial charge in [0.05, 0.1) is 0 Å².